The first-order valence-electron chi connectivity index (χ1n) is 6.96. The van der Waals surface area contributed by atoms with Gasteiger partial charge in [-0.15, -0.1) is 0 Å². The number of amides is 1. The molecule has 2 aromatic carbocycles. The van der Waals surface area contributed by atoms with Crippen LogP contribution in [-0.2, 0) is 11.3 Å². The maximum absolute atomic E-state index is 11.7. The van der Waals surface area contributed by atoms with Crippen LogP contribution < -0.4 is 15.4 Å². The van der Waals surface area contributed by atoms with E-state index in [4.69, 9.17) is 4.74 Å². The molecular formula is C17H20N2O2. The maximum Gasteiger partial charge on any atom is 0.225 e. The standard InChI is InChI=1S/C17H20N2O2/c1-21-16-9-7-14(8-10-16)13-18-12-11-17(20)19-15-5-3-2-4-6-15/h2-10,18H,11-13H2,1H3,(H,19,20). The molecule has 0 saturated carbocycles. The fraction of sp³-hybridized carbons (Fsp3) is 0.235. The van der Waals surface area contributed by atoms with Crippen molar-refractivity contribution in [1.82, 2.24) is 5.32 Å². The van der Waals surface area contributed by atoms with E-state index in [1.807, 2.05) is 54.6 Å². The molecule has 0 spiro atoms. The Kier molecular flexibility index (Phi) is 5.79. The molecule has 4 heteroatoms. The van der Waals surface area contributed by atoms with Crippen molar-refractivity contribution in [3.05, 3.63) is 60.2 Å². The van der Waals surface area contributed by atoms with Gasteiger partial charge in [0.05, 0.1) is 7.11 Å². The second kappa shape index (κ2) is 8.07. The molecule has 2 aromatic rings. The van der Waals surface area contributed by atoms with Crippen LogP contribution in [0.1, 0.15) is 12.0 Å². The molecule has 0 fully saturated rings. The van der Waals surface area contributed by atoms with Crippen LogP contribution >= 0.6 is 0 Å². The van der Waals surface area contributed by atoms with Gasteiger partial charge in [0.1, 0.15) is 5.75 Å². The lowest BCUT2D eigenvalue weighted by Gasteiger charge is -2.07. The van der Waals surface area contributed by atoms with E-state index in [9.17, 15) is 4.79 Å². The molecule has 2 N–H and O–H groups in total. The first-order valence-corrected chi connectivity index (χ1v) is 6.96. The van der Waals surface area contributed by atoms with Crippen LogP contribution in [0.5, 0.6) is 5.75 Å². The van der Waals surface area contributed by atoms with Crippen LogP contribution in [0, 0.1) is 0 Å². The van der Waals surface area contributed by atoms with E-state index < -0.39 is 0 Å². The Morgan fingerprint density at radius 3 is 2.43 bits per heavy atom. The average molecular weight is 284 g/mol. The largest absolute Gasteiger partial charge is 0.497 e. The number of benzene rings is 2. The average Bonchev–Trinajstić information content (AvgIpc) is 2.53. The van der Waals surface area contributed by atoms with Crippen molar-refractivity contribution in [2.45, 2.75) is 13.0 Å². The Labute approximate surface area is 125 Å². The smallest absolute Gasteiger partial charge is 0.225 e. The molecule has 0 aliphatic carbocycles. The lowest BCUT2D eigenvalue weighted by molar-refractivity contribution is -0.116. The van der Waals surface area contributed by atoms with Crippen molar-refractivity contribution < 1.29 is 9.53 Å². The van der Waals surface area contributed by atoms with Crippen molar-refractivity contribution in [1.29, 1.82) is 0 Å². The summed E-state index contributed by atoms with van der Waals surface area (Å²) in [4.78, 5) is 11.7. The number of para-hydroxylation sites is 1. The van der Waals surface area contributed by atoms with Gasteiger partial charge in [0.2, 0.25) is 5.91 Å². The van der Waals surface area contributed by atoms with E-state index in [1.54, 1.807) is 7.11 Å². The van der Waals surface area contributed by atoms with Crippen molar-refractivity contribution in [2.75, 3.05) is 19.0 Å². The van der Waals surface area contributed by atoms with E-state index in [-0.39, 0.29) is 5.91 Å². The SMILES string of the molecule is COc1ccc(CNCCC(=O)Nc2ccccc2)cc1. The zero-order valence-corrected chi connectivity index (χ0v) is 12.1. The number of hydrogen-bond acceptors (Lipinski definition) is 3. The molecule has 0 aliphatic heterocycles. The number of ether oxygens (including phenoxy) is 1. The molecule has 1 amide bonds. The minimum absolute atomic E-state index is 0.0171. The lowest BCUT2D eigenvalue weighted by Crippen LogP contribution is -2.21. The lowest BCUT2D eigenvalue weighted by atomic mass is 10.2. The molecule has 0 heterocycles. The minimum Gasteiger partial charge on any atom is -0.497 e. The first-order chi connectivity index (χ1) is 10.3. The van der Waals surface area contributed by atoms with Crippen molar-refractivity contribution in [3.8, 4) is 5.75 Å². The summed E-state index contributed by atoms with van der Waals surface area (Å²) >= 11 is 0. The van der Waals surface area contributed by atoms with Crippen LogP contribution in [0.3, 0.4) is 0 Å². The zero-order valence-electron chi connectivity index (χ0n) is 12.1. The Morgan fingerprint density at radius 1 is 1.05 bits per heavy atom. The van der Waals surface area contributed by atoms with E-state index >= 15 is 0 Å². The van der Waals surface area contributed by atoms with Crippen LogP contribution in [0.2, 0.25) is 0 Å². The predicted molar refractivity (Wildman–Crippen MR) is 84.4 cm³/mol. The number of carbonyl (C=O) groups is 1. The number of carbonyl (C=O) groups excluding carboxylic acids is 1. The summed E-state index contributed by atoms with van der Waals surface area (Å²) in [5.41, 5.74) is 2.00. The molecule has 0 bridgehead atoms. The highest BCUT2D eigenvalue weighted by atomic mass is 16.5. The van der Waals surface area contributed by atoms with E-state index in [0.29, 0.717) is 13.0 Å². The fourth-order valence-electron chi connectivity index (χ4n) is 1.92. The predicted octanol–water partition coefficient (Wildman–Crippen LogP) is 2.81. The molecule has 2 rings (SSSR count). The first kappa shape index (κ1) is 15.1. The van der Waals surface area contributed by atoms with Gasteiger partial charge in [0.25, 0.3) is 0 Å². The number of hydrogen-bond donors (Lipinski definition) is 2. The summed E-state index contributed by atoms with van der Waals surface area (Å²) in [5.74, 6) is 0.865. The third-order valence-electron chi connectivity index (χ3n) is 3.07. The van der Waals surface area contributed by atoms with Gasteiger partial charge in [-0.25, -0.2) is 0 Å². The summed E-state index contributed by atoms with van der Waals surface area (Å²) in [6.45, 7) is 1.38. The maximum atomic E-state index is 11.7. The van der Waals surface area contributed by atoms with Gasteiger partial charge in [0, 0.05) is 25.2 Å². The third-order valence-corrected chi connectivity index (χ3v) is 3.07. The van der Waals surface area contributed by atoms with Gasteiger partial charge in [-0.2, -0.15) is 0 Å². The Bertz CT molecular complexity index is 553. The summed E-state index contributed by atoms with van der Waals surface area (Å²) in [7, 11) is 1.65. The van der Waals surface area contributed by atoms with Gasteiger partial charge < -0.3 is 15.4 Å². The number of nitrogens with one attached hydrogen (secondary N) is 2. The van der Waals surface area contributed by atoms with Crippen LogP contribution in [-0.4, -0.2) is 19.6 Å². The molecule has 21 heavy (non-hydrogen) atoms. The van der Waals surface area contributed by atoms with Gasteiger partial charge >= 0.3 is 0 Å². The second-order valence-corrected chi connectivity index (χ2v) is 4.69. The molecule has 0 radical (unpaired) electrons. The molecule has 0 aromatic heterocycles. The second-order valence-electron chi connectivity index (χ2n) is 4.69. The molecule has 0 atom stereocenters. The molecule has 110 valence electrons. The fourth-order valence-corrected chi connectivity index (χ4v) is 1.92. The quantitative estimate of drug-likeness (QED) is 0.769. The van der Waals surface area contributed by atoms with Crippen LogP contribution in [0.25, 0.3) is 0 Å². The van der Waals surface area contributed by atoms with E-state index in [2.05, 4.69) is 10.6 Å². The Balaban J connectivity index is 1.66. The normalized spacial score (nSPS) is 10.1. The Hall–Kier alpha value is -2.33. The molecule has 0 unspecified atom stereocenters. The van der Waals surface area contributed by atoms with Gasteiger partial charge in [-0.05, 0) is 29.8 Å². The van der Waals surface area contributed by atoms with E-state index in [1.165, 1.54) is 5.56 Å². The Morgan fingerprint density at radius 2 is 1.76 bits per heavy atom. The zero-order chi connectivity index (χ0) is 14.9. The summed E-state index contributed by atoms with van der Waals surface area (Å²) in [5, 5.41) is 6.11. The van der Waals surface area contributed by atoms with Gasteiger partial charge in [-0.1, -0.05) is 30.3 Å². The minimum atomic E-state index is 0.0171. The highest BCUT2D eigenvalue weighted by molar-refractivity contribution is 5.90. The van der Waals surface area contributed by atoms with Crippen molar-refractivity contribution >= 4 is 11.6 Å². The van der Waals surface area contributed by atoms with Crippen LogP contribution in [0.4, 0.5) is 5.69 Å². The number of rotatable bonds is 7. The highest BCUT2D eigenvalue weighted by Gasteiger charge is 2.01. The van der Waals surface area contributed by atoms with Gasteiger partial charge in [0.15, 0.2) is 0 Å². The highest BCUT2D eigenvalue weighted by Crippen LogP contribution is 2.11. The van der Waals surface area contributed by atoms with Crippen LogP contribution in [0.15, 0.2) is 54.6 Å². The van der Waals surface area contributed by atoms with Gasteiger partial charge in [-0.3, -0.25) is 4.79 Å². The monoisotopic (exact) mass is 284 g/mol. The molecular weight excluding hydrogens is 264 g/mol. The molecule has 0 aliphatic rings. The molecule has 4 nitrogen and oxygen atoms in total. The summed E-state index contributed by atoms with van der Waals surface area (Å²) in [6.07, 6.45) is 0.449. The number of methoxy groups -OCH3 is 1. The number of anilines is 1. The third kappa shape index (κ3) is 5.28. The van der Waals surface area contributed by atoms with Crippen molar-refractivity contribution in [3.63, 3.8) is 0 Å². The summed E-state index contributed by atoms with van der Waals surface area (Å²) < 4.78 is 5.11. The van der Waals surface area contributed by atoms with Crippen molar-refractivity contribution in [2.24, 2.45) is 0 Å². The molecule has 0 saturated heterocycles. The topological polar surface area (TPSA) is 50.4 Å². The van der Waals surface area contributed by atoms with E-state index in [0.717, 1.165) is 18.0 Å². The summed E-state index contributed by atoms with van der Waals surface area (Å²) in [6, 6.07) is 17.4.